The summed E-state index contributed by atoms with van der Waals surface area (Å²) in [5.74, 6) is 1.17. The van der Waals surface area contributed by atoms with E-state index in [1.54, 1.807) is 30.9 Å². The summed E-state index contributed by atoms with van der Waals surface area (Å²) >= 11 is 0. The largest absolute Gasteiger partial charge is 0.504 e. The van der Waals surface area contributed by atoms with Gasteiger partial charge in [-0.25, -0.2) is 4.98 Å². The van der Waals surface area contributed by atoms with Gasteiger partial charge in [-0.2, -0.15) is 0 Å². The summed E-state index contributed by atoms with van der Waals surface area (Å²) in [6, 6.07) is 8.31. The van der Waals surface area contributed by atoms with Crippen LogP contribution in [0.4, 0.5) is 5.82 Å². The van der Waals surface area contributed by atoms with Crippen molar-refractivity contribution < 1.29 is 14.6 Å². The van der Waals surface area contributed by atoms with Crippen LogP contribution in [0.25, 0.3) is 16.9 Å². The quantitative estimate of drug-likeness (QED) is 0.500. The van der Waals surface area contributed by atoms with Gasteiger partial charge in [0.1, 0.15) is 17.3 Å². The number of phenols is 2. The van der Waals surface area contributed by atoms with Crippen LogP contribution in [-0.4, -0.2) is 24.6 Å². The number of benzene rings is 1. The van der Waals surface area contributed by atoms with Gasteiger partial charge < -0.3 is 19.9 Å². The molecule has 0 bridgehead atoms. The lowest BCUT2D eigenvalue weighted by molar-refractivity contribution is 0.404. The van der Waals surface area contributed by atoms with Crippen molar-refractivity contribution in [3.63, 3.8) is 0 Å². The number of furan rings is 1. The molecule has 0 atom stereocenters. The first-order valence-electron chi connectivity index (χ1n) is 7.33. The Morgan fingerprint density at radius 3 is 2.88 bits per heavy atom. The van der Waals surface area contributed by atoms with Gasteiger partial charge in [-0.05, 0) is 30.3 Å². The van der Waals surface area contributed by atoms with Crippen molar-refractivity contribution in [2.75, 3.05) is 5.32 Å². The summed E-state index contributed by atoms with van der Waals surface area (Å²) in [5, 5.41) is 22.6. The van der Waals surface area contributed by atoms with E-state index in [9.17, 15) is 10.2 Å². The molecule has 0 aliphatic carbocycles. The molecule has 0 spiro atoms. The first kappa shape index (κ1) is 14.1. The molecule has 4 aromatic rings. The number of hydrogen-bond acceptors (Lipinski definition) is 6. The fraction of sp³-hybridized carbons (Fsp3) is 0.0588. The van der Waals surface area contributed by atoms with Gasteiger partial charge in [-0.3, -0.25) is 9.38 Å². The second-order valence-corrected chi connectivity index (χ2v) is 5.25. The van der Waals surface area contributed by atoms with Crippen molar-refractivity contribution in [2.45, 2.75) is 6.54 Å². The zero-order chi connectivity index (χ0) is 16.5. The van der Waals surface area contributed by atoms with Crippen LogP contribution in [0.5, 0.6) is 11.5 Å². The molecule has 3 aromatic heterocycles. The molecule has 0 saturated heterocycles. The summed E-state index contributed by atoms with van der Waals surface area (Å²) in [4.78, 5) is 8.65. The normalized spacial score (nSPS) is 11.0. The number of anilines is 1. The number of aromatic nitrogens is 3. The molecule has 0 amide bonds. The fourth-order valence-corrected chi connectivity index (χ4v) is 2.53. The van der Waals surface area contributed by atoms with E-state index >= 15 is 0 Å². The molecule has 24 heavy (non-hydrogen) atoms. The number of nitrogens with zero attached hydrogens (tertiary/aromatic N) is 3. The van der Waals surface area contributed by atoms with Crippen molar-refractivity contribution >= 4 is 11.5 Å². The van der Waals surface area contributed by atoms with E-state index in [0.717, 1.165) is 11.6 Å². The minimum atomic E-state index is -0.195. The Labute approximate surface area is 136 Å². The molecule has 3 heterocycles. The molecule has 0 saturated carbocycles. The molecule has 4 rings (SSSR count). The van der Waals surface area contributed by atoms with Gasteiger partial charge in [0, 0.05) is 18.0 Å². The number of imidazole rings is 1. The molecule has 7 nitrogen and oxygen atoms in total. The Balaban J connectivity index is 1.81. The second kappa shape index (κ2) is 5.62. The highest BCUT2D eigenvalue weighted by Gasteiger charge is 2.15. The molecule has 0 fully saturated rings. The second-order valence-electron chi connectivity index (χ2n) is 5.25. The maximum atomic E-state index is 9.77. The molecule has 0 unspecified atom stereocenters. The van der Waals surface area contributed by atoms with Crippen LogP contribution >= 0.6 is 0 Å². The van der Waals surface area contributed by atoms with Crippen LogP contribution < -0.4 is 5.32 Å². The summed E-state index contributed by atoms with van der Waals surface area (Å²) in [6.07, 6.45) is 6.75. The molecule has 0 aliphatic rings. The van der Waals surface area contributed by atoms with Crippen molar-refractivity contribution in [1.29, 1.82) is 0 Å². The van der Waals surface area contributed by atoms with Gasteiger partial charge in [-0.1, -0.05) is 0 Å². The third-order valence-corrected chi connectivity index (χ3v) is 3.69. The number of hydrogen-bond donors (Lipinski definition) is 3. The first-order valence-corrected chi connectivity index (χ1v) is 7.33. The zero-order valence-electron chi connectivity index (χ0n) is 12.5. The van der Waals surface area contributed by atoms with Crippen LogP contribution in [0.2, 0.25) is 0 Å². The van der Waals surface area contributed by atoms with Crippen LogP contribution in [0, 0.1) is 0 Å². The predicted molar refractivity (Wildman–Crippen MR) is 87.8 cm³/mol. The maximum absolute atomic E-state index is 9.77. The molecule has 3 N–H and O–H groups in total. The Morgan fingerprint density at radius 2 is 2.08 bits per heavy atom. The average molecular weight is 322 g/mol. The summed E-state index contributed by atoms with van der Waals surface area (Å²) in [6.45, 7) is 0.486. The minimum Gasteiger partial charge on any atom is -0.504 e. The predicted octanol–water partition coefficient (Wildman–Crippen LogP) is 3.01. The van der Waals surface area contributed by atoms with E-state index in [4.69, 9.17) is 4.42 Å². The number of fused-ring (bicyclic) bond motifs is 1. The minimum absolute atomic E-state index is 0.172. The average Bonchev–Trinajstić information content (AvgIpc) is 3.23. The van der Waals surface area contributed by atoms with E-state index < -0.39 is 0 Å². The van der Waals surface area contributed by atoms with Crippen molar-refractivity contribution in [1.82, 2.24) is 14.4 Å². The molecule has 1 aromatic carbocycles. The lowest BCUT2D eigenvalue weighted by Gasteiger charge is -2.08. The van der Waals surface area contributed by atoms with Crippen molar-refractivity contribution in [3.8, 4) is 22.8 Å². The number of phenolic OH excluding ortho intramolecular Hbond substituents is 2. The fourth-order valence-electron chi connectivity index (χ4n) is 2.53. The standard InChI is InChI=1S/C17H14N4O3/c22-13-4-3-11(8-14(13)23)16-17(19-9-12-2-1-7-24-12)21-6-5-18-10-15(21)20-16/h1-8,10,19,22-23H,9H2. The van der Waals surface area contributed by atoms with Gasteiger partial charge in [0.2, 0.25) is 0 Å². The smallest absolute Gasteiger partial charge is 0.158 e. The topological polar surface area (TPSA) is 95.8 Å². The van der Waals surface area contributed by atoms with Crippen LogP contribution in [-0.2, 0) is 6.54 Å². The van der Waals surface area contributed by atoms with Gasteiger partial charge in [0.15, 0.2) is 17.1 Å². The number of nitrogens with one attached hydrogen (secondary N) is 1. The van der Waals surface area contributed by atoms with Crippen molar-refractivity contribution in [2.24, 2.45) is 0 Å². The van der Waals surface area contributed by atoms with Crippen LogP contribution in [0.1, 0.15) is 5.76 Å². The van der Waals surface area contributed by atoms with E-state index in [1.165, 1.54) is 12.1 Å². The molecule has 0 aliphatic heterocycles. The highest BCUT2D eigenvalue weighted by Crippen LogP contribution is 2.34. The Bertz CT molecular complexity index is 992. The summed E-state index contributed by atoms with van der Waals surface area (Å²) < 4.78 is 7.22. The number of rotatable bonds is 4. The lowest BCUT2D eigenvalue weighted by Crippen LogP contribution is -2.02. The Hall–Kier alpha value is -3.48. The SMILES string of the molecule is Oc1ccc(-c2nc3cnccn3c2NCc2ccco2)cc1O. The monoisotopic (exact) mass is 322 g/mol. The summed E-state index contributed by atoms with van der Waals surface area (Å²) in [7, 11) is 0. The third-order valence-electron chi connectivity index (χ3n) is 3.69. The van der Waals surface area contributed by atoms with E-state index in [-0.39, 0.29) is 11.5 Å². The van der Waals surface area contributed by atoms with E-state index in [2.05, 4.69) is 15.3 Å². The van der Waals surface area contributed by atoms with Crippen LogP contribution in [0.15, 0.2) is 59.6 Å². The Morgan fingerprint density at radius 1 is 1.17 bits per heavy atom. The molecule has 7 heteroatoms. The first-order chi connectivity index (χ1) is 11.7. The van der Waals surface area contributed by atoms with Gasteiger partial charge in [0.25, 0.3) is 0 Å². The van der Waals surface area contributed by atoms with Gasteiger partial charge >= 0.3 is 0 Å². The molecule has 120 valence electrons. The number of aromatic hydroxyl groups is 2. The van der Waals surface area contributed by atoms with Crippen molar-refractivity contribution in [3.05, 3.63) is 60.9 Å². The molecule has 0 radical (unpaired) electrons. The maximum Gasteiger partial charge on any atom is 0.158 e. The third kappa shape index (κ3) is 2.41. The van der Waals surface area contributed by atoms with Crippen LogP contribution in [0.3, 0.4) is 0 Å². The zero-order valence-corrected chi connectivity index (χ0v) is 12.5. The highest BCUT2D eigenvalue weighted by molar-refractivity contribution is 5.77. The molecular formula is C17H14N4O3. The highest BCUT2D eigenvalue weighted by atomic mass is 16.3. The van der Waals surface area contributed by atoms with E-state index in [0.29, 0.717) is 23.4 Å². The van der Waals surface area contributed by atoms with E-state index in [1.807, 2.05) is 16.5 Å². The Kier molecular flexibility index (Phi) is 3.31. The molecular weight excluding hydrogens is 308 g/mol. The van der Waals surface area contributed by atoms with Gasteiger partial charge in [0.05, 0.1) is 19.0 Å². The lowest BCUT2D eigenvalue weighted by atomic mass is 10.1. The van der Waals surface area contributed by atoms with Gasteiger partial charge in [-0.15, -0.1) is 0 Å². The summed E-state index contributed by atoms with van der Waals surface area (Å²) in [5.41, 5.74) is 1.99.